The first kappa shape index (κ1) is 14.5. The Morgan fingerprint density at radius 1 is 1.33 bits per heavy atom. The van der Waals surface area contributed by atoms with Gasteiger partial charge in [-0.1, -0.05) is 16.8 Å². The Kier molecular flexibility index (Phi) is 4.53. The van der Waals surface area contributed by atoms with Crippen LogP contribution in [-0.4, -0.2) is 39.8 Å². The lowest BCUT2D eigenvalue weighted by atomic mass is 10.1. The zero-order chi connectivity index (χ0) is 14.7. The van der Waals surface area contributed by atoms with Gasteiger partial charge < -0.3 is 9.63 Å². The third-order valence-corrected chi connectivity index (χ3v) is 4.08. The molecule has 1 aliphatic heterocycles. The number of halogens is 1. The third-order valence-electron chi connectivity index (χ3n) is 3.83. The van der Waals surface area contributed by atoms with E-state index >= 15 is 0 Å². The van der Waals surface area contributed by atoms with E-state index in [9.17, 15) is 0 Å². The van der Waals surface area contributed by atoms with Crippen molar-refractivity contribution < 1.29 is 9.63 Å². The fraction of sp³-hybridized carbons (Fsp3) is 0.467. The van der Waals surface area contributed by atoms with Gasteiger partial charge >= 0.3 is 0 Å². The molecule has 1 N–H and O–H groups in total. The smallest absolute Gasteiger partial charge is 0.257 e. The Morgan fingerprint density at radius 2 is 2.14 bits per heavy atom. The Labute approximate surface area is 128 Å². The van der Waals surface area contributed by atoms with Crippen LogP contribution < -0.4 is 0 Å². The van der Waals surface area contributed by atoms with Crippen LogP contribution in [0.3, 0.4) is 0 Å². The number of hydrogen-bond donors (Lipinski definition) is 1. The van der Waals surface area contributed by atoms with E-state index < -0.39 is 0 Å². The number of nitrogens with zero attached hydrogens (tertiary/aromatic N) is 3. The molecule has 1 aromatic carbocycles. The minimum atomic E-state index is 0.265. The van der Waals surface area contributed by atoms with Gasteiger partial charge in [-0.25, -0.2) is 0 Å². The van der Waals surface area contributed by atoms with Crippen molar-refractivity contribution in [3.63, 3.8) is 0 Å². The molecule has 0 spiro atoms. The highest BCUT2D eigenvalue weighted by Crippen LogP contribution is 2.22. The molecule has 112 valence electrons. The van der Waals surface area contributed by atoms with Gasteiger partial charge in [-0.2, -0.15) is 4.98 Å². The summed E-state index contributed by atoms with van der Waals surface area (Å²) in [5, 5.41) is 13.7. The summed E-state index contributed by atoms with van der Waals surface area (Å²) in [4.78, 5) is 6.74. The monoisotopic (exact) mass is 307 g/mol. The summed E-state index contributed by atoms with van der Waals surface area (Å²) in [6, 6.07) is 7.35. The number of benzene rings is 1. The lowest BCUT2D eigenvalue weighted by Crippen LogP contribution is -2.21. The van der Waals surface area contributed by atoms with Crippen LogP contribution in [0, 0.1) is 5.92 Å². The predicted molar refractivity (Wildman–Crippen MR) is 79.8 cm³/mol. The van der Waals surface area contributed by atoms with Crippen LogP contribution >= 0.6 is 11.6 Å². The van der Waals surface area contributed by atoms with Gasteiger partial charge in [0.05, 0.1) is 6.54 Å². The summed E-state index contributed by atoms with van der Waals surface area (Å²) in [5.41, 5.74) is 0.873. The predicted octanol–water partition coefficient (Wildman–Crippen LogP) is 2.59. The Bertz CT molecular complexity index is 585. The second kappa shape index (κ2) is 6.56. The van der Waals surface area contributed by atoms with Gasteiger partial charge in [-0.05, 0) is 49.6 Å². The van der Waals surface area contributed by atoms with Crippen molar-refractivity contribution in [2.45, 2.75) is 19.4 Å². The van der Waals surface area contributed by atoms with Gasteiger partial charge in [0.1, 0.15) is 0 Å². The largest absolute Gasteiger partial charge is 0.396 e. The normalized spacial score (nSPS) is 19.2. The van der Waals surface area contributed by atoms with Crippen molar-refractivity contribution >= 4 is 11.6 Å². The van der Waals surface area contributed by atoms with E-state index in [0.717, 1.165) is 31.5 Å². The molecule has 0 radical (unpaired) electrons. The number of aromatic nitrogens is 2. The molecule has 21 heavy (non-hydrogen) atoms. The molecular formula is C15H18ClN3O2. The highest BCUT2D eigenvalue weighted by Gasteiger charge is 2.23. The maximum atomic E-state index is 8.98. The van der Waals surface area contributed by atoms with Crippen LogP contribution in [0.1, 0.15) is 18.7 Å². The number of rotatable bonds is 5. The maximum Gasteiger partial charge on any atom is 0.257 e. The lowest BCUT2D eigenvalue weighted by Gasteiger charge is -2.12. The Balaban J connectivity index is 1.62. The van der Waals surface area contributed by atoms with Crippen LogP contribution in [0.4, 0.5) is 0 Å². The van der Waals surface area contributed by atoms with Crippen molar-refractivity contribution in [2.75, 3.05) is 19.7 Å². The summed E-state index contributed by atoms with van der Waals surface area (Å²) >= 11 is 5.87. The molecule has 2 aromatic rings. The number of aliphatic hydroxyl groups excluding tert-OH is 1. The number of hydrogen-bond acceptors (Lipinski definition) is 5. The van der Waals surface area contributed by atoms with Crippen molar-refractivity contribution in [1.29, 1.82) is 0 Å². The van der Waals surface area contributed by atoms with E-state index in [1.165, 1.54) is 0 Å². The molecule has 5 nitrogen and oxygen atoms in total. The van der Waals surface area contributed by atoms with E-state index in [1.54, 1.807) is 12.1 Å². The molecular weight excluding hydrogens is 290 g/mol. The van der Waals surface area contributed by atoms with Gasteiger partial charge in [0.15, 0.2) is 5.82 Å². The topological polar surface area (TPSA) is 62.4 Å². The van der Waals surface area contributed by atoms with Gasteiger partial charge in [-0.15, -0.1) is 0 Å². The molecule has 1 aliphatic rings. The molecule has 6 heteroatoms. The highest BCUT2D eigenvalue weighted by molar-refractivity contribution is 6.30. The van der Waals surface area contributed by atoms with E-state index in [4.69, 9.17) is 21.2 Å². The Morgan fingerprint density at radius 3 is 2.90 bits per heavy atom. The molecule has 2 heterocycles. The summed E-state index contributed by atoms with van der Waals surface area (Å²) in [7, 11) is 0. The van der Waals surface area contributed by atoms with Crippen molar-refractivity contribution in [3.05, 3.63) is 35.1 Å². The van der Waals surface area contributed by atoms with Crippen LogP contribution in [0.15, 0.2) is 28.8 Å². The van der Waals surface area contributed by atoms with Crippen LogP contribution in [-0.2, 0) is 6.54 Å². The molecule has 1 aromatic heterocycles. The molecule has 0 aliphatic carbocycles. The van der Waals surface area contributed by atoms with Gasteiger partial charge in [0, 0.05) is 23.7 Å². The third kappa shape index (κ3) is 3.61. The second-order valence-electron chi connectivity index (χ2n) is 5.42. The van der Waals surface area contributed by atoms with Crippen molar-refractivity contribution in [3.8, 4) is 11.5 Å². The molecule has 0 amide bonds. The number of aliphatic hydroxyl groups is 1. The summed E-state index contributed by atoms with van der Waals surface area (Å²) in [6.45, 7) is 2.97. The van der Waals surface area contributed by atoms with E-state index in [-0.39, 0.29) is 6.61 Å². The fourth-order valence-corrected chi connectivity index (χ4v) is 2.83. The molecule has 1 atom stereocenters. The lowest BCUT2D eigenvalue weighted by molar-refractivity contribution is 0.247. The van der Waals surface area contributed by atoms with Gasteiger partial charge in [-0.3, -0.25) is 4.90 Å². The maximum absolute atomic E-state index is 8.98. The minimum absolute atomic E-state index is 0.265. The molecule has 1 fully saturated rings. The molecule has 1 unspecified atom stereocenters. The minimum Gasteiger partial charge on any atom is -0.396 e. The first-order valence-electron chi connectivity index (χ1n) is 7.16. The van der Waals surface area contributed by atoms with E-state index in [0.29, 0.717) is 29.2 Å². The van der Waals surface area contributed by atoms with Crippen molar-refractivity contribution in [1.82, 2.24) is 15.0 Å². The average molecular weight is 308 g/mol. The summed E-state index contributed by atoms with van der Waals surface area (Å²) in [6.07, 6.45) is 2.00. The Hall–Kier alpha value is -1.43. The van der Waals surface area contributed by atoms with Gasteiger partial charge in [0.2, 0.25) is 0 Å². The number of likely N-dealkylation sites (tertiary alicyclic amines) is 1. The molecule has 0 bridgehead atoms. The molecule has 1 saturated heterocycles. The van der Waals surface area contributed by atoms with Crippen molar-refractivity contribution in [2.24, 2.45) is 5.92 Å². The van der Waals surface area contributed by atoms with E-state index in [1.807, 2.05) is 12.1 Å². The SMILES string of the molecule is OCCC1CCN(Cc2noc(-c3ccc(Cl)cc3)n2)C1. The first-order valence-corrected chi connectivity index (χ1v) is 7.54. The molecule has 3 rings (SSSR count). The van der Waals surface area contributed by atoms with E-state index in [2.05, 4.69) is 15.0 Å². The van der Waals surface area contributed by atoms with Gasteiger partial charge in [0.25, 0.3) is 5.89 Å². The quantitative estimate of drug-likeness (QED) is 0.920. The summed E-state index contributed by atoms with van der Waals surface area (Å²) < 4.78 is 5.30. The standard InChI is InChI=1S/C15H18ClN3O2/c16-13-3-1-12(2-4-13)15-17-14(18-21-15)10-19-7-5-11(9-19)6-8-20/h1-4,11,20H,5-10H2. The average Bonchev–Trinajstić information content (AvgIpc) is 3.11. The summed E-state index contributed by atoms with van der Waals surface area (Å²) in [5.74, 6) is 1.80. The highest BCUT2D eigenvalue weighted by atomic mass is 35.5. The zero-order valence-electron chi connectivity index (χ0n) is 11.7. The van der Waals surface area contributed by atoms with Crippen LogP contribution in [0.5, 0.6) is 0 Å². The van der Waals surface area contributed by atoms with Crippen LogP contribution in [0.25, 0.3) is 11.5 Å². The second-order valence-corrected chi connectivity index (χ2v) is 5.86. The van der Waals surface area contributed by atoms with Crippen LogP contribution in [0.2, 0.25) is 5.02 Å². The zero-order valence-corrected chi connectivity index (χ0v) is 12.5. The fourth-order valence-electron chi connectivity index (χ4n) is 2.70. The first-order chi connectivity index (χ1) is 10.2. The molecule has 0 saturated carbocycles.